The maximum Gasteiger partial charge on any atom is 0.367 e. The summed E-state index contributed by atoms with van der Waals surface area (Å²) in [4.78, 5) is 11.1. The molecule has 0 heterocycles. The zero-order valence-corrected chi connectivity index (χ0v) is 12.4. The van der Waals surface area contributed by atoms with E-state index in [2.05, 4.69) is 34.3 Å². The van der Waals surface area contributed by atoms with Crippen LogP contribution in [0.5, 0.6) is 0 Å². The number of methoxy groups -OCH3 is 1. The smallest absolute Gasteiger partial charge is 0.367 e. The highest BCUT2D eigenvalue weighted by Crippen LogP contribution is 2.24. The second-order valence-electron chi connectivity index (χ2n) is 4.27. The van der Waals surface area contributed by atoms with Gasteiger partial charge in [0.25, 0.3) is 0 Å². The average molecular weight is 287 g/mol. The molecule has 0 aromatic heterocycles. The summed E-state index contributed by atoms with van der Waals surface area (Å²) >= 11 is 1.17. The minimum Gasteiger partial charge on any atom is -0.461 e. The summed E-state index contributed by atoms with van der Waals surface area (Å²) in [5, 5.41) is 2.88. The first kappa shape index (κ1) is 14.5. The first-order chi connectivity index (χ1) is 9.72. The molecular formula is C16H17NO2S. The average Bonchev–Trinajstić information content (AvgIpc) is 2.53. The van der Waals surface area contributed by atoms with Gasteiger partial charge in [-0.2, -0.15) is 0 Å². The molecule has 0 unspecified atom stereocenters. The predicted octanol–water partition coefficient (Wildman–Crippen LogP) is 4.39. The normalized spacial score (nSPS) is 10.1. The van der Waals surface area contributed by atoms with Crippen molar-refractivity contribution >= 4 is 22.8 Å². The molecule has 2 aromatic carbocycles. The standard InChI is InChI=1S/C16H17NO2S/c1-17-15-5-3-4-14(10-15)13-8-6-12(7-9-13)11-20-16(18)19-2/h3-10,17H,11H2,1-2H3. The van der Waals surface area contributed by atoms with Crippen molar-refractivity contribution in [3.63, 3.8) is 0 Å². The fraction of sp³-hybridized carbons (Fsp3) is 0.188. The highest BCUT2D eigenvalue weighted by atomic mass is 32.2. The maximum atomic E-state index is 11.1. The molecule has 0 saturated heterocycles. The lowest BCUT2D eigenvalue weighted by Gasteiger charge is -2.06. The van der Waals surface area contributed by atoms with E-state index in [0.29, 0.717) is 5.75 Å². The molecule has 0 amide bonds. The van der Waals surface area contributed by atoms with Crippen molar-refractivity contribution in [1.82, 2.24) is 0 Å². The molecule has 2 rings (SSSR count). The minimum absolute atomic E-state index is 0.254. The van der Waals surface area contributed by atoms with E-state index in [1.807, 2.05) is 31.3 Å². The number of thioether (sulfide) groups is 1. The summed E-state index contributed by atoms with van der Waals surface area (Å²) in [5.74, 6) is 0.628. The van der Waals surface area contributed by atoms with Crippen molar-refractivity contribution in [2.75, 3.05) is 19.5 Å². The first-order valence-corrected chi connectivity index (χ1v) is 7.29. The van der Waals surface area contributed by atoms with Gasteiger partial charge in [0.05, 0.1) is 7.11 Å². The molecule has 1 N–H and O–H groups in total. The van der Waals surface area contributed by atoms with Crippen molar-refractivity contribution in [3.05, 3.63) is 54.1 Å². The molecule has 4 heteroatoms. The van der Waals surface area contributed by atoms with Gasteiger partial charge < -0.3 is 10.1 Å². The molecule has 0 radical (unpaired) electrons. The number of ether oxygens (including phenoxy) is 1. The zero-order valence-electron chi connectivity index (χ0n) is 11.6. The van der Waals surface area contributed by atoms with Gasteiger partial charge in [0.2, 0.25) is 0 Å². The Morgan fingerprint density at radius 3 is 2.55 bits per heavy atom. The van der Waals surface area contributed by atoms with Crippen molar-refractivity contribution in [2.45, 2.75) is 5.75 Å². The molecule has 0 fully saturated rings. The third-order valence-electron chi connectivity index (χ3n) is 2.96. The number of nitrogens with one attached hydrogen (secondary N) is 1. The van der Waals surface area contributed by atoms with E-state index in [1.165, 1.54) is 24.4 Å². The number of benzene rings is 2. The molecule has 0 aliphatic carbocycles. The maximum absolute atomic E-state index is 11.1. The Morgan fingerprint density at radius 1 is 1.15 bits per heavy atom. The van der Waals surface area contributed by atoms with Crippen molar-refractivity contribution < 1.29 is 9.53 Å². The Hall–Kier alpha value is -1.94. The first-order valence-electron chi connectivity index (χ1n) is 6.31. The summed E-state index contributed by atoms with van der Waals surface area (Å²) in [6.07, 6.45) is 0. The van der Waals surface area contributed by atoms with Crippen LogP contribution >= 0.6 is 11.8 Å². The summed E-state index contributed by atoms with van der Waals surface area (Å²) in [5.41, 5.74) is 4.53. The summed E-state index contributed by atoms with van der Waals surface area (Å²) < 4.78 is 4.61. The fourth-order valence-electron chi connectivity index (χ4n) is 1.85. The lowest BCUT2D eigenvalue weighted by Crippen LogP contribution is -1.92. The second-order valence-corrected chi connectivity index (χ2v) is 5.18. The highest BCUT2D eigenvalue weighted by Gasteiger charge is 2.03. The molecule has 0 spiro atoms. The second kappa shape index (κ2) is 7.01. The van der Waals surface area contributed by atoms with Crippen molar-refractivity contribution in [3.8, 4) is 11.1 Å². The molecule has 0 atom stereocenters. The number of hydrogen-bond donors (Lipinski definition) is 1. The Morgan fingerprint density at radius 2 is 1.90 bits per heavy atom. The molecule has 104 valence electrons. The van der Waals surface area contributed by atoms with E-state index in [9.17, 15) is 4.79 Å². The van der Waals surface area contributed by atoms with Gasteiger partial charge in [-0.25, -0.2) is 4.79 Å². The number of rotatable bonds is 4. The number of anilines is 1. The third-order valence-corrected chi connectivity index (χ3v) is 3.84. The Balaban J connectivity index is 2.09. The Kier molecular flexibility index (Phi) is 5.07. The van der Waals surface area contributed by atoms with E-state index < -0.39 is 0 Å². The van der Waals surface area contributed by atoms with Crippen molar-refractivity contribution in [1.29, 1.82) is 0 Å². The number of carbonyl (C=O) groups is 1. The van der Waals surface area contributed by atoms with Gasteiger partial charge in [-0.05, 0) is 40.6 Å². The zero-order chi connectivity index (χ0) is 14.4. The van der Waals surface area contributed by atoms with E-state index in [0.717, 1.165) is 16.8 Å². The van der Waals surface area contributed by atoms with Gasteiger partial charge in [-0.3, -0.25) is 0 Å². The van der Waals surface area contributed by atoms with Gasteiger partial charge in [0.1, 0.15) is 0 Å². The van der Waals surface area contributed by atoms with Crippen LogP contribution in [0.15, 0.2) is 48.5 Å². The monoisotopic (exact) mass is 287 g/mol. The van der Waals surface area contributed by atoms with Crippen LogP contribution in [0.1, 0.15) is 5.56 Å². The SMILES string of the molecule is CNc1cccc(-c2ccc(CSC(=O)OC)cc2)c1. The van der Waals surface area contributed by atoms with Crippen LogP contribution in [0.4, 0.5) is 10.5 Å². The van der Waals surface area contributed by atoms with Crippen LogP contribution in [0.25, 0.3) is 11.1 Å². The minimum atomic E-state index is -0.254. The van der Waals surface area contributed by atoms with E-state index >= 15 is 0 Å². The molecule has 0 bridgehead atoms. The van der Waals surface area contributed by atoms with Gasteiger partial charge in [-0.15, -0.1) is 0 Å². The number of hydrogen-bond acceptors (Lipinski definition) is 4. The topological polar surface area (TPSA) is 38.3 Å². The molecule has 20 heavy (non-hydrogen) atoms. The van der Waals surface area contributed by atoms with Gasteiger partial charge >= 0.3 is 5.30 Å². The molecule has 0 saturated carbocycles. The number of carbonyl (C=O) groups excluding carboxylic acids is 1. The Labute approximate surface area is 123 Å². The highest BCUT2D eigenvalue weighted by molar-refractivity contribution is 8.12. The summed E-state index contributed by atoms with van der Waals surface area (Å²) in [6, 6.07) is 16.5. The van der Waals surface area contributed by atoms with E-state index in [1.54, 1.807) is 0 Å². The van der Waals surface area contributed by atoms with E-state index in [4.69, 9.17) is 0 Å². The lowest BCUT2D eigenvalue weighted by molar-refractivity contribution is 0.200. The van der Waals surface area contributed by atoms with Crippen molar-refractivity contribution in [2.24, 2.45) is 0 Å². The Bertz CT molecular complexity index is 581. The molecular weight excluding hydrogens is 270 g/mol. The fourth-order valence-corrected chi connectivity index (χ4v) is 2.44. The molecule has 3 nitrogen and oxygen atoms in total. The molecule has 0 aliphatic heterocycles. The van der Waals surface area contributed by atoms with Crippen LogP contribution in [-0.2, 0) is 10.5 Å². The molecule has 2 aromatic rings. The van der Waals surface area contributed by atoms with Crippen LogP contribution in [0.3, 0.4) is 0 Å². The van der Waals surface area contributed by atoms with Gasteiger partial charge in [0.15, 0.2) is 0 Å². The van der Waals surface area contributed by atoms with Crippen LogP contribution in [0.2, 0.25) is 0 Å². The largest absolute Gasteiger partial charge is 0.461 e. The summed E-state index contributed by atoms with van der Waals surface area (Å²) in [7, 11) is 3.30. The lowest BCUT2D eigenvalue weighted by atomic mass is 10.0. The predicted molar refractivity (Wildman–Crippen MR) is 85.1 cm³/mol. The van der Waals surface area contributed by atoms with Crippen LogP contribution in [-0.4, -0.2) is 19.5 Å². The molecule has 0 aliphatic rings. The van der Waals surface area contributed by atoms with Crippen LogP contribution < -0.4 is 5.32 Å². The van der Waals surface area contributed by atoms with E-state index in [-0.39, 0.29) is 5.30 Å². The summed E-state index contributed by atoms with van der Waals surface area (Å²) in [6.45, 7) is 0. The van der Waals surface area contributed by atoms with Gasteiger partial charge in [0, 0.05) is 18.5 Å². The van der Waals surface area contributed by atoms with Gasteiger partial charge in [-0.1, -0.05) is 36.4 Å². The quantitative estimate of drug-likeness (QED) is 0.846. The third kappa shape index (κ3) is 3.78. The van der Waals surface area contributed by atoms with Crippen LogP contribution in [0, 0.1) is 0 Å².